The van der Waals surface area contributed by atoms with E-state index < -0.39 is 10.0 Å². The highest BCUT2D eigenvalue weighted by molar-refractivity contribution is 8.32. The van der Waals surface area contributed by atoms with Gasteiger partial charge in [-0.15, -0.1) is 0 Å². The molecule has 1 aromatic rings. The molecular weight excluding hydrogens is 200 g/mol. The topological polar surface area (TPSA) is 0 Å². The van der Waals surface area contributed by atoms with Crippen LogP contribution in [0.3, 0.4) is 0 Å². The Hall–Kier alpha value is -0.430. The average molecular weight is 224 g/mol. The van der Waals surface area contributed by atoms with E-state index in [9.17, 15) is 0 Å². The first-order valence-electron chi connectivity index (χ1n) is 5.42. The van der Waals surface area contributed by atoms with Gasteiger partial charge in [-0.25, -0.2) is 10.0 Å². The average Bonchev–Trinajstić information content (AvgIpc) is 2.00. The Balaban J connectivity index is 3.30. The zero-order valence-electron chi connectivity index (χ0n) is 11.1. The molecule has 0 aliphatic heterocycles. The minimum absolute atomic E-state index is 0.255. The number of rotatable bonds is 1. The van der Waals surface area contributed by atoms with Crippen LogP contribution < -0.4 is 0 Å². The molecule has 0 bridgehead atoms. The summed E-state index contributed by atoms with van der Waals surface area (Å²) in [6.07, 6.45) is 7.05. The molecule has 0 aromatic heterocycles. The molecule has 15 heavy (non-hydrogen) atoms. The lowest BCUT2D eigenvalue weighted by molar-refractivity contribution is 0.584. The van der Waals surface area contributed by atoms with Gasteiger partial charge in [0.05, 0.1) is 0 Å². The first kappa shape index (κ1) is 12.6. The van der Waals surface area contributed by atoms with Crippen molar-refractivity contribution in [1.29, 1.82) is 0 Å². The molecule has 1 heteroatoms. The van der Waals surface area contributed by atoms with Crippen LogP contribution in [0.5, 0.6) is 0 Å². The maximum absolute atomic E-state index is 2.41. The second kappa shape index (κ2) is 3.86. The van der Waals surface area contributed by atoms with Gasteiger partial charge in [0.2, 0.25) is 0 Å². The Morgan fingerprint density at radius 1 is 1.00 bits per heavy atom. The lowest BCUT2D eigenvalue weighted by Crippen LogP contribution is -2.13. The van der Waals surface area contributed by atoms with Crippen LogP contribution in [0.25, 0.3) is 0 Å². The molecule has 1 rings (SSSR count). The van der Waals surface area contributed by atoms with Crippen molar-refractivity contribution in [2.75, 3.05) is 18.8 Å². The van der Waals surface area contributed by atoms with Crippen LogP contribution in [-0.2, 0) is 5.41 Å². The van der Waals surface area contributed by atoms with Crippen molar-refractivity contribution in [3.05, 3.63) is 29.3 Å². The Morgan fingerprint density at radius 3 is 1.93 bits per heavy atom. The third-order valence-electron chi connectivity index (χ3n) is 2.72. The summed E-state index contributed by atoms with van der Waals surface area (Å²) in [6, 6.07) is 6.97. The Bertz CT molecular complexity index is 351. The lowest BCUT2D eigenvalue weighted by atomic mass is 9.84. The summed E-state index contributed by atoms with van der Waals surface area (Å²) in [5.74, 6) is 0. The summed E-state index contributed by atoms with van der Waals surface area (Å²) < 4.78 is 0. The van der Waals surface area contributed by atoms with Crippen molar-refractivity contribution in [1.82, 2.24) is 0 Å². The van der Waals surface area contributed by atoms with Gasteiger partial charge in [0.1, 0.15) is 0 Å². The predicted octanol–water partition coefficient (Wildman–Crippen LogP) is 4.35. The summed E-state index contributed by atoms with van der Waals surface area (Å²) in [4.78, 5) is 1.51. The van der Waals surface area contributed by atoms with Crippen molar-refractivity contribution >= 4 is 10.0 Å². The van der Waals surface area contributed by atoms with E-state index in [1.54, 1.807) is 0 Å². The smallest absolute Gasteiger partial charge is 0.0103 e. The maximum Gasteiger partial charge on any atom is -0.0103 e. The SMILES string of the molecule is Cc1ccc(S(C)(C)C)cc1C(C)(C)C. The van der Waals surface area contributed by atoms with E-state index in [1.165, 1.54) is 16.0 Å². The van der Waals surface area contributed by atoms with E-state index in [0.29, 0.717) is 0 Å². The summed E-state index contributed by atoms with van der Waals surface area (Å²) >= 11 is 0. The standard InChI is InChI=1S/C14H24S/c1-11-8-9-12(15(5,6)7)10-13(11)14(2,3)4/h8-10H,1-7H3. The fraction of sp³-hybridized carbons (Fsp3) is 0.571. The van der Waals surface area contributed by atoms with Crippen LogP contribution in [0, 0.1) is 6.92 Å². The van der Waals surface area contributed by atoms with Gasteiger partial charge in [0.25, 0.3) is 0 Å². The van der Waals surface area contributed by atoms with Gasteiger partial charge in [0, 0.05) is 0 Å². The molecule has 0 heterocycles. The highest BCUT2D eigenvalue weighted by Crippen LogP contribution is 2.46. The second-order valence-corrected chi connectivity index (χ2v) is 10.2. The van der Waals surface area contributed by atoms with Gasteiger partial charge in [-0.2, -0.15) is 0 Å². The molecule has 0 radical (unpaired) electrons. The predicted molar refractivity (Wildman–Crippen MR) is 73.5 cm³/mol. The van der Waals surface area contributed by atoms with E-state index in [2.05, 4.69) is 64.7 Å². The molecule has 0 fully saturated rings. The van der Waals surface area contributed by atoms with Crippen molar-refractivity contribution in [2.24, 2.45) is 0 Å². The van der Waals surface area contributed by atoms with Gasteiger partial charge in [0.15, 0.2) is 0 Å². The van der Waals surface area contributed by atoms with E-state index >= 15 is 0 Å². The first-order chi connectivity index (χ1) is 6.62. The fourth-order valence-corrected chi connectivity index (χ4v) is 2.74. The molecule has 0 aliphatic rings. The van der Waals surface area contributed by atoms with Crippen LogP contribution in [0.15, 0.2) is 23.1 Å². The molecule has 0 saturated carbocycles. The van der Waals surface area contributed by atoms with E-state index in [-0.39, 0.29) is 5.41 Å². The molecule has 0 spiro atoms. The minimum atomic E-state index is -0.602. The van der Waals surface area contributed by atoms with Crippen LogP contribution in [-0.4, -0.2) is 18.8 Å². The monoisotopic (exact) mass is 224 g/mol. The quantitative estimate of drug-likeness (QED) is 0.665. The lowest BCUT2D eigenvalue weighted by Gasteiger charge is -2.29. The maximum atomic E-state index is 2.41. The van der Waals surface area contributed by atoms with Crippen LogP contribution >= 0.6 is 10.0 Å². The van der Waals surface area contributed by atoms with Gasteiger partial charge >= 0.3 is 0 Å². The molecule has 0 atom stereocenters. The molecule has 0 aliphatic carbocycles. The molecule has 0 amide bonds. The Kier molecular flexibility index (Phi) is 3.25. The zero-order chi connectivity index (χ0) is 11.9. The van der Waals surface area contributed by atoms with Crippen molar-refractivity contribution < 1.29 is 0 Å². The Labute approximate surface area is 96.4 Å². The van der Waals surface area contributed by atoms with Gasteiger partial charge in [-0.3, -0.25) is 0 Å². The van der Waals surface area contributed by atoms with Crippen LogP contribution in [0.1, 0.15) is 31.9 Å². The first-order valence-corrected chi connectivity index (χ1v) is 8.27. The number of hydrogen-bond donors (Lipinski definition) is 0. The minimum Gasteiger partial charge on any atom is -0.223 e. The van der Waals surface area contributed by atoms with Crippen LogP contribution in [0.4, 0.5) is 0 Å². The molecule has 1 aromatic carbocycles. The molecule has 0 nitrogen and oxygen atoms in total. The molecule has 0 saturated heterocycles. The van der Waals surface area contributed by atoms with E-state index in [4.69, 9.17) is 0 Å². The second-order valence-electron chi connectivity index (χ2n) is 6.06. The summed E-state index contributed by atoms with van der Waals surface area (Å²) in [7, 11) is -0.602. The van der Waals surface area contributed by atoms with Gasteiger partial charge in [-0.05, 0) is 59.3 Å². The highest BCUT2D eigenvalue weighted by atomic mass is 32.3. The third-order valence-corrected chi connectivity index (χ3v) is 4.39. The third kappa shape index (κ3) is 3.01. The largest absolute Gasteiger partial charge is 0.223 e. The molecule has 0 N–H and O–H groups in total. The Morgan fingerprint density at radius 2 is 1.53 bits per heavy atom. The number of benzene rings is 1. The normalized spacial score (nSPS) is 14.1. The van der Waals surface area contributed by atoms with E-state index in [1.807, 2.05) is 0 Å². The zero-order valence-corrected chi connectivity index (χ0v) is 12.0. The van der Waals surface area contributed by atoms with Crippen LogP contribution in [0.2, 0.25) is 0 Å². The summed E-state index contributed by atoms with van der Waals surface area (Å²) in [5, 5.41) is 0. The molecular formula is C14H24S. The molecule has 0 unspecified atom stereocenters. The van der Waals surface area contributed by atoms with Crippen molar-refractivity contribution in [3.8, 4) is 0 Å². The molecule has 86 valence electrons. The summed E-state index contributed by atoms with van der Waals surface area (Å²) in [5.41, 5.74) is 3.16. The van der Waals surface area contributed by atoms with Gasteiger partial charge in [-0.1, -0.05) is 26.8 Å². The van der Waals surface area contributed by atoms with Crippen molar-refractivity contribution in [2.45, 2.75) is 38.0 Å². The highest BCUT2D eigenvalue weighted by Gasteiger charge is 2.18. The number of aryl methyl sites for hydroxylation is 1. The number of hydrogen-bond acceptors (Lipinski definition) is 0. The van der Waals surface area contributed by atoms with Crippen molar-refractivity contribution in [3.63, 3.8) is 0 Å². The van der Waals surface area contributed by atoms with E-state index in [0.717, 1.165) is 0 Å². The summed E-state index contributed by atoms with van der Waals surface area (Å²) in [6.45, 7) is 9.08. The fourth-order valence-electron chi connectivity index (χ4n) is 1.79. The van der Waals surface area contributed by atoms with Gasteiger partial charge < -0.3 is 0 Å².